The highest BCUT2D eigenvalue weighted by Gasteiger charge is 2.40. The Morgan fingerprint density at radius 3 is 2.82 bits per heavy atom. The number of nitrogens with one attached hydrogen (secondary N) is 1. The number of aromatic nitrogens is 2. The fourth-order valence-corrected chi connectivity index (χ4v) is 2.95. The first kappa shape index (κ1) is 22.1. The first-order chi connectivity index (χ1) is 13.2. The number of alkyl halides is 3. The second-order valence-corrected chi connectivity index (χ2v) is 6.82. The Kier molecular flexibility index (Phi) is 7.34. The molecule has 2 rings (SSSR count). The Labute approximate surface area is 161 Å². The van der Waals surface area contributed by atoms with Crippen LogP contribution in [0.3, 0.4) is 0 Å². The van der Waals surface area contributed by atoms with Gasteiger partial charge in [-0.15, -0.1) is 6.42 Å². The summed E-state index contributed by atoms with van der Waals surface area (Å²) in [5.41, 5.74) is -4.15. The number of H-pyrrole nitrogens is 1. The van der Waals surface area contributed by atoms with Gasteiger partial charge in [0.25, 0.3) is 5.56 Å². The van der Waals surface area contributed by atoms with Gasteiger partial charge in [0.15, 0.2) is 0 Å². The third kappa shape index (κ3) is 5.40. The summed E-state index contributed by atoms with van der Waals surface area (Å²) in [6.07, 6.45) is -2.20. The molecule has 0 bridgehead atoms. The Morgan fingerprint density at radius 1 is 1.50 bits per heavy atom. The maximum atomic E-state index is 13.0. The number of hydrogen-bond acceptors (Lipinski definition) is 7. The number of thioether (sulfide) groups is 1. The minimum atomic E-state index is -4.95. The molecule has 1 N–H and O–H groups in total. The summed E-state index contributed by atoms with van der Waals surface area (Å²) in [5, 5.41) is -0.550. The van der Waals surface area contributed by atoms with Crippen molar-refractivity contribution >= 4 is 17.1 Å². The Morgan fingerprint density at radius 2 is 2.21 bits per heavy atom. The lowest BCUT2D eigenvalue weighted by atomic mass is 10.2. The van der Waals surface area contributed by atoms with E-state index in [1.54, 1.807) is 11.9 Å². The molecule has 1 saturated heterocycles. The van der Waals surface area contributed by atoms with Crippen molar-refractivity contribution in [2.24, 2.45) is 0 Å². The van der Waals surface area contributed by atoms with E-state index < -0.39 is 46.7 Å². The van der Waals surface area contributed by atoms with Gasteiger partial charge in [-0.1, -0.05) is 12.8 Å². The van der Waals surface area contributed by atoms with Gasteiger partial charge in [-0.25, -0.2) is 9.59 Å². The van der Waals surface area contributed by atoms with E-state index >= 15 is 0 Å². The third-order valence-corrected chi connectivity index (χ3v) is 4.41. The lowest BCUT2D eigenvalue weighted by molar-refractivity contribution is -0.139. The van der Waals surface area contributed by atoms with Crippen LogP contribution in [0.25, 0.3) is 0 Å². The molecular weight excluding hydrogens is 405 g/mol. The molecule has 12 heteroatoms. The number of halogens is 3. The highest BCUT2D eigenvalue weighted by atomic mass is 32.2. The zero-order valence-corrected chi connectivity index (χ0v) is 15.5. The molecule has 28 heavy (non-hydrogen) atoms. The van der Waals surface area contributed by atoms with Crippen LogP contribution < -0.4 is 11.2 Å². The molecule has 1 fully saturated rings. The van der Waals surface area contributed by atoms with E-state index in [0.717, 1.165) is 11.8 Å². The quantitative estimate of drug-likeness (QED) is 0.551. The van der Waals surface area contributed by atoms with E-state index in [4.69, 9.17) is 20.6 Å². The van der Waals surface area contributed by atoms with Crippen molar-refractivity contribution < 1.29 is 32.2 Å². The summed E-state index contributed by atoms with van der Waals surface area (Å²) >= 11 is 0.930. The Balaban J connectivity index is 2.24. The van der Waals surface area contributed by atoms with E-state index in [2.05, 4.69) is 5.92 Å². The summed E-state index contributed by atoms with van der Waals surface area (Å²) in [6, 6.07) is 0. The number of hydrogen-bond donors (Lipinski definition) is 1. The standard InChI is InChI=1S/C16H17F3N2O6S/c1-3-5-25-10-6-12(27-11(10)8-26-15(24)28-4-2)21-7-9(16(17,18)19)13(22)20-14(21)23/h1,7,10-12H,4-6,8H2,2H3,(H,20,22,23)/t10-,11+,12+/m0/s1. The molecular formula is C16H17F3N2O6S. The minimum absolute atomic E-state index is 0.0337. The van der Waals surface area contributed by atoms with Crippen LogP contribution in [-0.4, -0.2) is 46.0 Å². The maximum Gasteiger partial charge on any atom is 0.423 e. The molecule has 0 saturated carbocycles. The molecule has 1 aliphatic heterocycles. The maximum absolute atomic E-state index is 13.0. The number of aromatic amines is 1. The summed E-state index contributed by atoms with van der Waals surface area (Å²) in [7, 11) is 0. The molecule has 0 radical (unpaired) electrons. The summed E-state index contributed by atoms with van der Waals surface area (Å²) in [4.78, 5) is 36.5. The van der Waals surface area contributed by atoms with Crippen molar-refractivity contribution in [3.8, 4) is 12.3 Å². The molecule has 3 atom stereocenters. The van der Waals surface area contributed by atoms with Gasteiger partial charge in [0.2, 0.25) is 0 Å². The van der Waals surface area contributed by atoms with Crippen LogP contribution in [0, 0.1) is 12.3 Å². The molecule has 0 aliphatic carbocycles. The topological polar surface area (TPSA) is 99.6 Å². The normalized spacial score (nSPS) is 22.0. The van der Waals surface area contributed by atoms with Gasteiger partial charge in [-0.2, -0.15) is 13.2 Å². The molecule has 0 unspecified atom stereocenters. The number of ether oxygens (including phenoxy) is 3. The van der Waals surface area contributed by atoms with Gasteiger partial charge < -0.3 is 14.2 Å². The lowest BCUT2D eigenvalue weighted by Gasteiger charge is -2.18. The van der Waals surface area contributed by atoms with Crippen LogP contribution in [0.15, 0.2) is 15.8 Å². The smallest absolute Gasteiger partial charge is 0.423 e. The van der Waals surface area contributed by atoms with Crippen molar-refractivity contribution in [1.29, 1.82) is 0 Å². The molecule has 1 aliphatic rings. The highest BCUT2D eigenvalue weighted by Crippen LogP contribution is 2.32. The SMILES string of the molecule is C#CCO[C@H]1C[C@H](n2cc(C(F)(F)F)c(=O)[nH]c2=O)O[C@@H]1COC(=O)SCC. The van der Waals surface area contributed by atoms with Crippen LogP contribution in [-0.2, 0) is 20.4 Å². The van der Waals surface area contributed by atoms with Crippen LogP contribution in [0.1, 0.15) is 25.1 Å². The predicted molar refractivity (Wildman–Crippen MR) is 92.9 cm³/mol. The van der Waals surface area contributed by atoms with Gasteiger partial charge in [0.05, 0.1) is 6.10 Å². The minimum Gasteiger partial charge on any atom is -0.455 e. The zero-order chi connectivity index (χ0) is 20.9. The van der Waals surface area contributed by atoms with Gasteiger partial charge in [-0.3, -0.25) is 14.3 Å². The molecule has 0 aromatic carbocycles. The average molecular weight is 422 g/mol. The summed E-state index contributed by atoms with van der Waals surface area (Å²) < 4.78 is 55.5. The number of rotatable bonds is 6. The van der Waals surface area contributed by atoms with Gasteiger partial charge in [0.1, 0.15) is 31.1 Å². The Bertz CT molecular complexity index is 860. The molecule has 0 amide bonds. The molecule has 0 spiro atoms. The second kappa shape index (κ2) is 9.31. The summed E-state index contributed by atoms with van der Waals surface area (Å²) in [5.74, 6) is 2.75. The highest BCUT2D eigenvalue weighted by molar-refractivity contribution is 8.13. The zero-order valence-electron chi connectivity index (χ0n) is 14.7. The third-order valence-electron chi connectivity index (χ3n) is 3.77. The number of carbonyl (C=O) groups is 1. The van der Waals surface area contributed by atoms with Crippen LogP contribution in [0.5, 0.6) is 0 Å². The monoisotopic (exact) mass is 422 g/mol. The summed E-state index contributed by atoms with van der Waals surface area (Å²) in [6.45, 7) is 1.42. The lowest BCUT2D eigenvalue weighted by Crippen LogP contribution is -2.36. The van der Waals surface area contributed by atoms with E-state index in [9.17, 15) is 27.6 Å². The largest absolute Gasteiger partial charge is 0.455 e. The van der Waals surface area contributed by atoms with Crippen molar-refractivity contribution in [2.45, 2.75) is 38.0 Å². The van der Waals surface area contributed by atoms with Crippen molar-refractivity contribution in [3.63, 3.8) is 0 Å². The second-order valence-electron chi connectivity index (χ2n) is 5.62. The van der Waals surface area contributed by atoms with E-state index in [-0.39, 0.29) is 19.6 Å². The van der Waals surface area contributed by atoms with Crippen LogP contribution in [0.4, 0.5) is 18.0 Å². The van der Waals surface area contributed by atoms with E-state index in [1.165, 1.54) is 0 Å². The van der Waals surface area contributed by atoms with Gasteiger partial charge in [-0.05, 0) is 11.8 Å². The van der Waals surface area contributed by atoms with Crippen molar-refractivity contribution in [3.05, 3.63) is 32.6 Å². The molecule has 154 valence electrons. The first-order valence-electron chi connectivity index (χ1n) is 8.10. The van der Waals surface area contributed by atoms with E-state index in [0.29, 0.717) is 16.5 Å². The first-order valence-corrected chi connectivity index (χ1v) is 9.08. The number of carbonyl (C=O) groups excluding carboxylic acids is 1. The molecule has 8 nitrogen and oxygen atoms in total. The van der Waals surface area contributed by atoms with Crippen LogP contribution >= 0.6 is 11.8 Å². The number of terminal acetylenes is 1. The molecule has 2 heterocycles. The van der Waals surface area contributed by atoms with Gasteiger partial charge in [0, 0.05) is 18.4 Å². The van der Waals surface area contributed by atoms with Gasteiger partial charge >= 0.3 is 17.2 Å². The predicted octanol–water partition coefficient (Wildman–Crippen LogP) is 1.75. The van der Waals surface area contributed by atoms with Crippen LogP contribution in [0.2, 0.25) is 0 Å². The van der Waals surface area contributed by atoms with E-state index in [1.807, 2.05) is 0 Å². The average Bonchev–Trinajstić information content (AvgIpc) is 3.00. The van der Waals surface area contributed by atoms with Crippen molar-refractivity contribution in [1.82, 2.24) is 9.55 Å². The Hall–Kier alpha value is -2.23. The molecule has 1 aromatic rings. The molecule has 1 aromatic heterocycles. The van der Waals surface area contributed by atoms with Crippen molar-refractivity contribution in [2.75, 3.05) is 19.0 Å². The number of nitrogens with zero attached hydrogens (tertiary/aromatic N) is 1. The fraction of sp³-hybridized carbons (Fsp3) is 0.562. The fourth-order valence-electron chi connectivity index (χ4n) is 2.56.